The van der Waals surface area contributed by atoms with E-state index >= 15 is 0 Å². The first-order chi connectivity index (χ1) is 3.81. The van der Waals surface area contributed by atoms with Crippen molar-refractivity contribution in [1.29, 1.82) is 0 Å². The van der Waals surface area contributed by atoms with Crippen LogP contribution in [0.15, 0.2) is 0 Å². The van der Waals surface area contributed by atoms with Crippen molar-refractivity contribution in [3.63, 3.8) is 0 Å². The van der Waals surface area contributed by atoms with Crippen molar-refractivity contribution in [3.8, 4) is 0 Å². The van der Waals surface area contributed by atoms with E-state index in [1.54, 1.807) is 0 Å². The maximum atomic E-state index is 9.70. The molecule has 0 rings (SSSR count). The van der Waals surface area contributed by atoms with Crippen molar-refractivity contribution < 1.29 is 4.79 Å². The second kappa shape index (κ2) is 4.59. The van der Waals surface area contributed by atoms with Crippen molar-refractivity contribution >= 4 is 6.41 Å². The molecule has 1 amide bonds. The van der Waals surface area contributed by atoms with Crippen LogP contribution in [0.2, 0.25) is 0 Å². The first-order valence-corrected chi connectivity index (χ1v) is 2.76. The van der Waals surface area contributed by atoms with E-state index < -0.39 is 0 Å². The zero-order valence-corrected chi connectivity index (χ0v) is 5.05. The molecule has 0 aromatic rings. The summed E-state index contributed by atoms with van der Waals surface area (Å²) >= 11 is 0. The first kappa shape index (κ1) is 7.43. The van der Waals surface area contributed by atoms with Gasteiger partial charge in [0.25, 0.3) is 0 Å². The fraction of sp³-hybridized carbons (Fsp3) is 0.800. The molecule has 0 saturated heterocycles. The van der Waals surface area contributed by atoms with Crippen LogP contribution in [0, 0.1) is 0 Å². The third kappa shape index (κ3) is 3.61. The molecular weight excluding hydrogens is 104 g/mol. The van der Waals surface area contributed by atoms with Crippen LogP contribution in [0.5, 0.6) is 0 Å². The lowest BCUT2D eigenvalue weighted by molar-refractivity contribution is -0.110. The predicted molar refractivity (Wildman–Crippen MR) is 32.1 cm³/mol. The van der Waals surface area contributed by atoms with Gasteiger partial charge < -0.3 is 11.1 Å². The van der Waals surface area contributed by atoms with Gasteiger partial charge >= 0.3 is 0 Å². The van der Waals surface area contributed by atoms with Crippen LogP contribution in [0.4, 0.5) is 0 Å². The molecule has 3 N–H and O–H groups in total. The Labute approximate surface area is 49.3 Å². The lowest BCUT2D eigenvalue weighted by atomic mass is 10.3. The molecule has 3 nitrogen and oxygen atoms in total. The largest absolute Gasteiger partial charge is 0.344 e. The van der Waals surface area contributed by atoms with E-state index in [9.17, 15) is 4.79 Å². The second-order valence-electron chi connectivity index (χ2n) is 1.68. The SMILES string of the molecule is CCCC(N)NC=O. The Morgan fingerprint density at radius 3 is 2.88 bits per heavy atom. The summed E-state index contributed by atoms with van der Waals surface area (Å²) in [5.74, 6) is 0. The minimum atomic E-state index is -0.155. The summed E-state index contributed by atoms with van der Waals surface area (Å²) in [5.41, 5.74) is 5.35. The highest BCUT2D eigenvalue weighted by atomic mass is 16.1. The average molecular weight is 116 g/mol. The van der Waals surface area contributed by atoms with Crippen LogP contribution >= 0.6 is 0 Å². The van der Waals surface area contributed by atoms with E-state index in [-0.39, 0.29) is 6.17 Å². The molecule has 0 saturated carbocycles. The lowest BCUT2D eigenvalue weighted by Gasteiger charge is -2.05. The van der Waals surface area contributed by atoms with Gasteiger partial charge in [-0.2, -0.15) is 0 Å². The van der Waals surface area contributed by atoms with Gasteiger partial charge in [0, 0.05) is 0 Å². The Bertz CT molecular complexity index is 65.4. The smallest absolute Gasteiger partial charge is 0.208 e. The molecule has 0 radical (unpaired) electrons. The Morgan fingerprint density at radius 2 is 2.50 bits per heavy atom. The van der Waals surface area contributed by atoms with Crippen molar-refractivity contribution in [3.05, 3.63) is 0 Å². The molecule has 0 aromatic heterocycles. The van der Waals surface area contributed by atoms with Crippen molar-refractivity contribution in [2.24, 2.45) is 5.73 Å². The number of carbonyl (C=O) groups is 1. The van der Waals surface area contributed by atoms with Gasteiger partial charge in [-0.15, -0.1) is 0 Å². The Morgan fingerprint density at radius 1 is 1.88 bits per heavy atom. The monoisotopic (exact) mass is 116 g/mol. The highest BCUT2D eigenvalue weighted by Gasteiger charge is 1.93. The standard InChI is InChI=1S/C5H12N2O/c1-2-3-5(6)7-4-8/h4-5H,2-3,6H2,1H3,(H,7,8). The Kier molecular flexibility index (Phi) is 4.26. The molecule has 8 heavy (non-hydrogen) atoms. The van der Waals surface area contributed by atoms with Crippen molar-refractivity contribution in [1.82, 2.24) is 5.32 Å². The number of nitrogens with two attached hydrogens (primary N) is 1. The van der Waals surface area contributed by atoms with Gasteiger partial charge in [-0.25, -0.2) is 0 Å². The van der Waals surface area contributed by atoms with Crippen molar-refractivity contribution in [2.45, 2.75) is 25.9 Å². The number of nitrogens with one attached hydrogen (secondary N) is 1. The van der Waals surface area contributed by atoms with Gasteiger partial charge in [0.2, 0.25) is 6.41 Å². The number of hydrogen-bond acceptors (Lipinski definition) is 2. The highest BCUT2D eigenvalue weighted by molar-refractivity contribution is 5.46. The van der Waals surface area contributed by atoms with Gasteiger partial charge in [-0.3, -0.25) is 4.79 Å². The highest BCUT2D eigenvalue weighted by Crippen LogP contribution is 1.86. The van der Waals surface area contributed by atoms with E-state index in [0.29, 0.717) is 6.41 Å². The minimum Gasteiger partial charge on any atom is -0.344 e. The summed E-state index contributed by atoms with van der Waals surface area (Å²) < 4.78 is 0. The lowest BCUT2D eigenvalue weighted by Crippen LogP contribution is -2.35. The minimum absolute atomic E-state index is 0.155. The van der Waals surface area contributed by atoms with E-state index in [1.807, 2.05) is 6.92 Å². The molecule has 0 aromatic carbocycles. The van der Waals surface area contributed by atoms with Gasteiger partial charge in [0.15, 0.2) is 0 Å². The number of amides is 1. The van der Waals surface area contributed by atoms with E-state index in [1.165, 1.54) is 0 Å². The molecule has 0 aliphatic heterocycles. The maximum absolute atomic E-state index is 9.70. The van der Waals surface area contributed by atoms with Crippen molar-refractivity contribution in [2.75, 3.05) is 0 Å². The second-order valence-corrected chi connectivity index (χ2v) is 1.68. The number of carbonyl (C=O) groups excluding carboxylic acids is 1. The van der Waals surface area contributed by atoms with Gasteiger partial charge in [-0.1, -0.05) is 13.3 Å². The van der Waals surface area contributed by atoms with Gasteiger partial charge in [-0.05, 0) is 6.42 Å². The Balaban J connectivity index is 3.03. The van der Waals surface area contributed by atoms with Crippen LogP contribution in [0.1, 0.15) is 19.8 Å². The third-order valence-electron chi connectivity index (χ3n) is 0.882. The molecule has 0 heterocycles. The predicted octanol–water partition coefficient (Wildman–Crippen LogP) is -0.183. The molecule has 0 bridgehead atoms. The Hall–Kier alpha value is -0.570. The number of rotatable bonds is 4. The zero-order chi connectivity index (χ0) is 6.41. The summed E-state index contributed by atoms with van der Waals surface area (Å²) in [6, 6.07) is 0. The summed E-state index contributed by atoms with van der Waals surface area (Å²) in [4.78, 5) is 9.70. The fourth-order valence-corrected chi connectivity index (χ4v) is 0.482. The summed E-state index contributed by atoms with van der Waals surface area (Å²) in [6.07, 6.45) is 2.32. The molecule has 0 aliphatic rings. The molecular formula is C5H12N2O. The van der Waals surface area contributed by atoms with E-state index in [4.69, 9.17) is 5.73 Å². The molecule has 0 aliphatic carbocycles. The molecule has 48 valence electrons. The quantitative estimate of drug-likeness (QED) is 0.395. The summed E-state index contributed by atoms with van der Waals surface area (Å²) in [7, 11) is 0. The van der Waals surface area contributed by atoms with E-state index in [2.05, 4.69) is 5.32 Å². The molecule has 3 heteroatoms. The van der Waals surface area contributed by atoms with Crippen LogP contribution in [0.25, 0.3) is 0 Å². The average Bonchev–Trinajstić information content (AvgIpc) is 1.68. The topological polar surface area (TPSA) is 55.1 Å². The maximum Gasteiger partial charge on any atom is 0.208 e. The van der Waals surface area contributed by atoms with Crippen LogP contribution in [0.3, 0.4) is 0 Å². The van der Waals surface area contributed by atoms with Crippen LogP contribution in [-0.4, -0.2) is 12.6 Å². The first-order valence-electron chi connectivity index (χ1n) is 2.76. The number of hydrogen-bond donors (Lipinski definition) is 2. The summed E-state index contributed by atoms with van der Waals surface area (Å²) in [6.45, 7) is 2.02. The third-order valence-corrected chi connectivity index (χ3v) is 0.882. The normalized spacial score (nSPS) is 12.8. The van der Waals surface area contributed by atoms with Crippen LogP contribution in [-0.2, 0) is 4.79 Å². The van der Waals surface area contributed by atoms with Gasteiger partial charge in [0.1, 0.15) is 0 Å². The summed E-state index contributed by atoms with van der Waals surface area (Å²) in [5, 5.41) is 2.44. The zero-order valence-electron chi connectivity index (χ0n) is 5.05. The van der Waals surface area contributed by atoms with Gasteiger partial charge in [0.05, 0.1) is 6.17 Å². The molecule has 0 fully saturated rings. The molecule has 1 atom stereocenters. The fourth-order valence-electron chi connectivity index (χ4n) is 0.482. The van der Waals surface area contributed by atoms with Crippen LogP contribution < -0.4 is 11.1 Å². The molecule has 0 spiro atoms. The van der Waals surface area contributed by atoms with E-state index in [0.717, 1.165) is 12.8 Å². The molecule has 1 unspecified atom stereocenters.